The van der Waals surface area contributed by atoms with E-state index < -0.39 is 5.54 Å². The monoisotopic (exact) mass is 313 g/mol. The van der Waals surface area contributed by atoms with Crippen molar-refractivity contribution in [1.82, 2.24) is 5.06 Å². The fourth-order valence-electron chi connectivity index (χ4n) is 3.52. The molecule has 0 amide bonds. The highest BCUT2D eigenvalue weighted by atomic mass is 16.7. The van der Waals surface area contributed by atoms with E-state index >= 15 is 0 Å². The summed E-state index contributed by atoms with van der Waals surface area (Å²) in [5, 5.41) is 1.91. The molecule has 0 spiro atoms. The molecule has 1 aliphatic heterocycles. The Bertz CT molecular complexity index is 677. The van der Waals surface area contributed by atoms with Crippen LogP contribution in [0, 0.1) is 5.92 Å². The Hall–Kier alpha value is -1.91. The lowest BCUT2D eigenvalue weighted by Crippen LogP contribution is -2.48. The second-order valence-corrected chi connectivity index (χ2v) is 6.31. The van der Waals surface area contributed by atoms with Gasteiger partial charge in [0, 0.05) is 17.6 Å². The summed E-state index contributed by atoms with van der Waals surface area (Å²) in [6, 6.07) is 7.73. The van der Waals surface area contributed by atoms with Crippen LogP contribution in [-0.2, 0) is 15.1 Å². The summed E-state index contributed by atoms with van der Waals surface area (Å²) >= 11 is 0. The first kappa shape index (κ1) is 16.0. The molecule has 2 aliphatic rings. The van der Waals surface area contributed by atoms with Crippen LogP contribution in [0.25, 0.3) is 0 Å². The van der Waals surface area contributed by atoms with Gasteiger partial charge in [-0.15, -0.1) is 5.06 Å². The normalized spacial score (nSPS) is 27.1. The fraction of sp³-hybridized carbons (Fsp3) is 0.421. The highest BCUT2D eigenvalue weighted by Crippen LogP contribution is 2.51. The maximum absolute atomic E-state index is 12.5. The smallest absolute Gasteiger partial charge is 0.189 e. The van der Waals surface area contributed by atoms with Crippen molar-refractivity contribution < 1.29 is 14.4 Å². The number of rotatable bonds is 4. The molecule has 1 aliphatic carbocycles. The van der Waals surface area contributed by atoms with Crippen LogP contribution in [0.2, 0.25) is 0 Å². The van der Waals surface area contributed by atoms with E-state index in [1.54, 1.807) is 13.2 Å². The maximum atomic E-state index is 12.5. The fourth-order valence-corrected chi connectivity index (χ4v) is 3.52. The van der Waals surface area contributed by atoms with Crippen molar-refractivity contribution >= 4 is 5.78 Å². The molecule has 4 heteroatoms. The second kappa shape index (κ2) is 5.95. The van der Waals surface area contributed by atoms with Crippen LogP contribution in [0.3, 0.4) is 0 Å². The molecule has 1 aromatic carbocycles. The van der Waals surface area contributed by atoms with E-state index in [1.807, 2.05) is 42.3 Å². The Balaban J connectivity index is 2.25. The molecule has 0 N–H and O–H groups in total. The number of hydroxylamine groups is 2. The maximum Gasteiger partial charge on any atom is 0.189 e. The number of allylic oxidation sites excluding steroid dienone is 2. The van der Waals surface area contributed by atoms with Gasteiger partial charge >= 0.3 is 0 Å². The van der Waals surface area contributed by atoms with E-state index in [4.69, 9.17) is 9.57 Å². The number of fused-ring (bicyclic) bond motifs is 3. The van der Waals surface area contributed by atoms with Crippen LogP contribution in [0.5, 0.6) is 0 Å². The molecule has 1 saturated heterocycles. The molecule has 1 aromatic rings. The molecule has 23 heavy (non-hydrogen) atoms. The molecule has 1 fully saturated rings. The first-order valence-electron chi connectivity index (χ1n) is 8.03. The second-order valence-electron chi connectivity index (χ2n) is 6.31. The van der Waals surface area contributed by atoms with Gasteiger partial charge < -0.3 is 4.74 Å². The summed E-state index contributed by atoms with van der Waals surface area (Å²) in [7, 11) is 1.66. The van der Waals surface area contributed by atoms with E-state index in [0.717, 1.165) is 11.1 Å². The highest BCUT2D eigenvalue weighted by molar-refractivity contribution is 6.08. The van der Waals surface area contributed by atoms with E-state index in [2.05, 4.69) is 19.9 Å². The molecule has 0 aromatic heterocycles. The molecule has 3 rings (SSSR count). The molecule has 2 atom stereocenters. The Morgan fingerprint density at radius 1 is 1.39 bits per heavy atom. The molecule has 1 heterocycles. The van der Waals surface area contributed by atoms with Crippen molar-refractivity contribution in [2.24, 2.45) is 5.92 Å². The summed E-state index contributed by atoms with van der Waals surface area (Å²) in [5.41, 5.74) is 1.09. The summed E-state index contributed by atoms with van der Waals surface area (Å²) in [5.74, 6) is 0.901. The molecule has 122 valence electrons. The third kappa shape index (κ3) is 2.25. The van der Waals surface area contributed by atoms with Crippen LogP contribution in [0.4, 0.5) is 0 Å². The number of carbonyl (C=O) groups is 1. The zero-order valence-corrected chi connectivity index (χ0v) is 14.1. The summed E-state index contributed by atoms with van der Waals surface area (Å²) in [4.78, 5) is 18.3. The van der Waals surface area contributed by atoms with Gasteiger partial charge in [-0.1, -0.05) is 50.3 Å². The quantitative estimate of drug-likeness (QED) is 0.793. The van der Waals surface area contributed by atoms with Crippen LogP contribution in [0.15, 0.2) is 48.3 Å². The molecule has 0 bridgehead atoms. The molecule has 0 radical (unpaired) electrons. The molecular formula is C19H23NO3. The largest absolute Gasteiger partial charge is 0.474 e. The number of hydrogen-bond donors (Lipinski definition) is 0. The van der Waals surface area contributed by atoms with Gasteiger partial charge in [0.1, 0.15) is 11.3 Å². The van der Waals surface area contributed by atoms with E-state index in [0.29, 0.717) is 12.2 Å². The summed E-state index contributed by atoms with van der Waals surface area (Å²) in [6.07, 6.45) is 6.20. The molecule has 2 unspecified atom stereocenters. The zero-order chi connectivity index (χ0) is 16.6. The number of ether oxygens (including phenoxy) is 1. The first-order chi connectivity index (χ1) is 11.1. The average molecular weight is 313 g/mol. The Labute approximate surface area is 137 Å². The lowest BCUT2D eigenvalue weighted by molar-refractivity contribution is -0.236. The van der Waals surface area contributed by atoms with Gasteiger partial charge in [-0.3, -0.25) is 9.63 Å². The molecule has 0 saturated carbocycles. The van der Waals surface area contributed by atoms with Gasteiger partial charge in [0.2, 0.25) is 0 Å². The van der Waals surface area contributed by atoms with Gasteiger partial charge in [0.25, 0.3) is 0 Å². The summed E-state index contributed by atoms with van der Waals surface area (Å²) < 4.78 is 6.17. The average Bonchev–Trinajstić information content (AvgIpc) is 2.88. The number of ketones is 1. The minimum absolute atomic E-state index is 0.00726. The predicted octanol–water partition coefficient (Wildman–Crippen LogP) is 3.80. The first-order valence-corrected chi connectivity index (χ1v) is 8.03. The van der Waals surface area contributed by atoms with Gasteiger partial charge in [0.05, 0.1) is 7.11 Å². The SMILES string of the molecule is C/C=C/CC12C(=CC(=O)c3ccccc31)OC(C(C)C)N2OC. The minimum Gasteiger partial charge on any atom is -0.474 e. The van der Waals surface area contributed by atoms with E-state index in [-0.39, 0.29) is 17.9 Å². The minimum atomic E-state index is -0.583. The van der Waals surface area contributed by atoms with Gasteiger partial charge in [0.15, 0.2) is 12.0 Å². The number of hydrogen-bond acceptors (Lipinski definition) is 4. The van der Waals surface area contributed by atoms with E-state index in [1.165, 1.54) is 0 Å². The van der Waals surface area contributed by atoms with Crippen molar-refractivity contribution in [3.05, 3.63) is 59.4 Å². The van der Waals surface area contributed by atoms with Crippen molar-refractivity contribution in [3.63, 3.8) is 0 Å². The lowest BCUT2D eigenvalue weighted by Gasteiger charge is -2.39. The summed E-state index contributed by atoms with van der Waals surface area (Å²) in [6.45, 7) is 6.17. The van der Waals surface area contributed by atoms with Crippen molar-refractivity contribution in [2.45, 2.75) is 39.0 Å². The third-order valence-corrected chi connectivity index (χ3v) is 4.58. The highest BCUT2D eigenvalue weighted by Gasteiger charge is 2.57. The lowest BCUT2D eigenvalue weighted by atomic mass is 9.77. The van der Waals surface area contributed by atoms with Crippen LogP contribution in [0.1, 0.15) is 43.1 Å². The molecule has 4 nitrogen and oxygen atoms in total. The van der Waals surface area contributed by atoms with Crippen LogP contribution in [-0.4, -0.2) is 24.2 Å². The predicted molar refractivity (Wildman–Crippen MR) is 88.5 cm³/mol. The van der Waals surface area contributed by atoms with Crippen LogP contribution >= 0.6 is 0 Å². The number of nitrogens with zero attached hydrogens (tertiary/aromatic N) is 1. The van der Waals surface area contributed by atoms with Crippen molar-refractivity contribution in [1.29, 1.82) is 0 Å². The van der Waals surface area contributed by atoms with Crippen LogP contribution < -0.4 is 0 Å². The van der Waals surface area contributed by atoms with Crippen molar-refractivity contribution in [2.75, 3.05) is 7.11 Å². The van der Waals surface area contributed by atoms with Gasteiger partial charge in [-0.25, -0.2) is 0 Å². The number of benzene rings is 1. The third-order valence-electron chi connectivity index (χ3n) is 4.58. The Kier molecular flexibility index (Phi) is 4.13. The molecular weight excluding hydrogens is 290 g/mol. The zero-order valence-electron chi connectivity index (χ0n) is 14.1. The standard InChI is InChI=1S/C19H23NO3/c1-5-6-11-19-15-10-8-7-9-14(15)16(21)12-17(19)23-18(13(2)3)20(19)22-4/h5-10,12-13,18H,11H2,1-4H3/b6-5+. The van der Waals surface area contributed by atoms with Crippen molar-refractivity contribution in [3.8, 4) is 0 Å². The Morgan fingerprint density at radius 3 is 2.78 bits per heavy atom. The number of carbonyl (C=O) groups excluding carboxylic acids is 1. The van der Waals surface area contributed by atoms with Gasteiger partial charge in [-0.05, 0) is 18.9 Å². The topological polar surface area (TPSA) is 38.8 Å². The van der Waals surface area contributed by atoms with E-state index in [9.17, 15) is 4.79 Å². The Morgan fingerprint density at radius 2 is 2.13 bits per heavy atom. The van der Waals surface area contributed by atoms with Gasteiger partial charge in [-0.2, -0.15) is 0 Å².